The predicted molar refractivity (Wildman–Crippen MR) is 75.6 cm³/mol. The van der Waals surface area contributed by atoms with Gasteiger partial charge in [0.1, 0.15) is 6.33 Å². The Morgan fingerprint density at radius 1 is 1.25 bits per heavy atom. The number of aromatic nitrogens is 3. The number of anilines is 1. The molecule has 1 aliphatic heterocycles. The van der Waals surface area contributed by atoms with Crippen molar-refractivity contribution in [3.05, 3.63) is 39.9 Å². The third kappa shape index (κ3) is 2.21. The van der Waals surface area contributed by atoms with Crippen molar-refractivity contribution < 1.29 is 4.79 Å². The molecule has 20 heavy (non-hydrogen) atoms. The van der Waals surface area contributed by atoms with Gasteiger partial charge in [-0.3, -0.25) is 4.79 Å². The second-order valence-corrected chi connectivity index (χ2v) is 5.34. The van der Waals surface area contributed by atoms with E-state index in [1.54, 1.807) is 11.2 Å². The first-order valence-corrected chi connectivity index (χ1v) is 6.72. The van der Waals surface area contributed by atoms with Crippen LogP contribution in [0.4, 0.5) is 5.69 Å². The van der Waals surface area contributed by atoms with Gasteiger partial charge >= 0.3 is 0 Å². The summed E-state index contributed by atoms with van der Waals surface area (Å²) in [7, 11) is 0. The van der Waals surface area contributed by atoms with Gasteiger partial charge in [0.25, 0.3) is 5.91 Å². The van der Waals surface area contributed by atoms with Gasteiger partial charge in [0.2, 0.25) is 0 Å². The molecule has 1 aromatic heterocycles. The first-order valence-electron chi connectivity index (χ1n) is 5.96. The van der Waals surface area contributed by atoms with Crippen LogP contribution in [-0.2, 0) is 13.1 Å². The largest absolute Gasteiger partial charge is 0.396 e. The summed E-state index contributed by atoms with van der Waals surface area (Å²) in [5.74, 6) is 0.611. The zero-order valence-corrected chi connectivity index (χ0v) is 11.9. The van der Waals surface area contributed by atoms with Gasteiger partial charge in [0.05, 0.1) is 22.3 Å². The Balaban J connectivity index is 1.87. The summed E-state index contributed by atoms with van der Waals surface area (Å²) >= 11 is 11.9. The summed E-state index contributed by atoms with van der Waals surface area (Å²) in [5, 5.41) is 8.36. The molecule has 1 aliphatic rings. The molecule has 0 bridgehead atoms. The second-order valence-electron chi connectivity index (χ2n) is 4.52. The van der Waals surface area contributed by atoms with Gasteiger partial charge in [0.15, 0.2) is 5.82 Å². The smallest absolute Gasteiger partial charge is 0.254 e. The summed E-state index contributed by atoms with van der Waals surface area (Å²) in [6.07, 6.45) is 1.66. The number of fused-ring (bicyclic) bond motifs is 1. The predicted octanol–water partition coefficient (Wildman–Crippen LogP) is 1.82. The van der Waals surface area contributed by atoms with E-state index in [2.05, 4.69) is 10.2 Å². The maximum atomic E-state index is 12.5. The number of halogens is 2. The minimum Gasteiger partial charge on any atom is -0.396 e. The summed E-state index contributed by atoms with van der Waals surface area (Å²) in [6.45, 7) is 1.67. The lowest BCUT2D eigenvalue weighted by Crippen LogP contribution is -2.38. The molecule has 0 saturated heterocycles. The fourth-order valence-electron chi connectivity index (χ4n) is 2.13. The number of nitrogens with two attached hydrogens (primary N) is 1. The number of nitrogens with zero attached hydrogens (tertiary/aromatic N) is 4. The van der Waals surface area contributed by atoms with Crippen molar-refractivity contribution >= 4 is 34.8 Å². The fraction of sp³-hybridized carbons (Fsp3) is 0.250. The van der Waals surface area contributed by atoms with Crippen LogP contribution in [0.2, 0.25) is 10.0 Å². The topological polar surface area (TPSA) is 77.0 Å². The standard InChI is InChI=1S/C12H11Cl2N5O/c13-8-3-7(4-9(14)11(8)15)12(20)18-1-2-19-6-16-17-10(19)5-18/h3-4,6H,1-2,5,15H2. The maximum absolute atomic E-state index is 12.5. The van der Waals surface area contributed by atoms with Gasteiger partial charge in [0, 0.05) is 18.7 Å². The molecule has 0 unspecified atom stereocenters. The SMILES string of the molecule is Nc1c(Cl)cc(C(=O)N2CCn3cnnc3C2)cc1Cl. The van der Waals surface area contributed by atoms with Gasteiger partial charge in [-0.05, 0) is 12.1 Å². The lowest BCUT2D eigenvalue weighted by molar-refractivity contribution is 0.0707. The highest BCUT2D eigenvalue weighted by molar-refractivity contribution is 6.39. The molecule has 0 radical (unpaired) electrons. The highest BCUT2D eigenvalue weighted by Gasteiger charge is 2.23. The fourth-order valence-corrected chi connectivity index (χ4v) is 2.62. The van der Waals surface area contributed by atoms with Crippen LogP contribution >= 0.6 is 23.2 Å². The first-order chi connectivity index (χ1) is 9.56. The first kappa shape index (κ1) is 13.2. The van der Waals surface area contributed by atoms with E-state index >= 15 is 0 Å². The average Bonchev–Trinajstić information content (AvgIpc) is 2.90. The molecule has 0 saturated carbocycles. The number of amides is 1. The molecular weight excluding hydrogens is 301 g/mol. The van der Waals surface area contributed by atoms with Gasteiger partial charge in [-0.2, -0.15) is 0 Å². The molecular formula is C12H11Cl2N5O. The minimum absolute atomic E-state index is 0.150. The van der Waals surface area contributed by atoms with E-state index in [4.69, 9.17) is 28.9 Å². The van der Waals surface area contributed by atoms with Crippen molar-refractivity contribution in [1.29, 1.82) is 0 Å². The lowest BCUT2D eigenvalue weighted by Gasteiger charge is -2.27. The van der Waals surface area contributed by atoms with E-state index in [0.717, 1.165) is 5.82 Å². The molecule has 3 rings (SSSR count). The Labute approximate surface area is 125 Å². The van der Waals surface area contributed by atoms with E-state index < -0.39 is 0 Å². The van der Waals surface area contributed by atoms with E-state index in [1.807, 2.05) is 4.57 Å². The molecule has 0 spiro atoms. The number of benzene rings is 1. The van der Waals surface area contributed by atoms with Crippen molar-refractivity contribution in [2.24, 2.45) is 0 Å². The van der Waals surface area contributed by atoms with Crippen molar-refractivity contribution in [1.82, 2.24) is 19.7 Å². The molecule has 0 aliphatic carbocycles. The molecule has 1 amide bonds. The number of hydrogen-bond acceptors (Lipinski definition) is 4. The molecule has 2 N–H and O–H groups in total. The molecule has 1 aromatic carbocycles. The second kappa shape index (κ2) is 4.96. The van der Waals surface area contributed by atoms with Crippen molar-refractivity contribution in [2.75, 3.05) is 12.3 Å². The maximum Gasteiger partial charge on any atom is 0.254 e. The van der Waals surface area contributed by atoms with Crippen LogP contribution < -0.4 is 5.73 Å². The van der Waals surface area contributed by atoms with Crippen LogP contribution in [-0.4, -0.2) is 32.1 Å². The third-order valence-electron chi connectivity index (χ3n) is 3.25. The minimum atomic E-state index is -0.150. The Hall–Kier alpha value is -1.79. The van der Waals surface area contributed by atoms with Gasteiger partial charge < -0.3 is 15.2 Å². The van der Waals surface area contributed by atoms with Crippen molar-refractivity contribution in [2.45, 2.75) is 13.1 Å². The molecule has 0 fully saturated rings. The van der Waals surface area contributed by atoms with Crippen LogP contribution in [0.15, 0.2) is 18.5 Å². The molecule has 2 heterocycles. The summed E-state index contributed by atoms with van der Waals surface area (Å²) < 4.78 is 1.92. The Morgan fingerprint density at radius 3 is 2.65 bits per heavy atom. The monoisotopic (exact) mass is 311 g/mol. The number of carbonyl (C=O) groups excluding carboxylic acids is 1. The van der Waals surface area contributed by atoms with Crippen LogP contribution in [0.5, 0.6) is 0 Å². The van der Waals surface area contributed by atoms with E-state index in [9.17, 15) is 4.79 Å². The average molecular weight is 312 g/mol. The van der Waals surface area contributed by atoms with Crippen LogP contribution in [0, 0.1) is 0 Å². The normalized spacial score (nSPS) is 14.2. The molecule has 8 heteroatoms. The third-order valence-corrected chi connectivity index (χ3v) is 3.88. The summed E-state index contributed by atoms with van der Waals surface area (Å²) in [5.41, 5.74) is 6.37. The van der Waals surface area contributed by atoms with Gasteiger partial charge in [-0.1, -0.05) is 23.2 Å². The van der Waals surface area contributed by atoms with Crippen LogP contribution in [0.3, 0.4) is 0 Å². The number of nitrogen functional groups attached to an aromatic ring is 1. The van der Waals surface area contributed by atoms with Gasteiger partial charge in [-0.15, -0.1) is 10.2 Å². The zero-order chi connectivity index (χ0) is 14.3. The van der Waals surface area contributed by atoms with Crippen LogP contribution in [0.1, 0.15) is 16.2 Å². The number of hydrogen-bond donors (Lipinski definition) is 1. The van der Waals surface area contributed by atoms with E-state index in [-0.39, 0.29) is 21.6 Å². The number of rotatable bonds is 1. The molecule has 104 valence electrons. The Morgan fingerprint density at radius 2 is 1.95 bits per heavy atom. The van der Waals surface area contributed by atoms with E-state index in [0.29, 0.717) is 25.2 Å². The molecule has 2 aromatic rings. The van der Waals surface area contributed by atoms with Crippen molar-refractivity contribution in [3.8, 4) is 0 Å². The quantitative estimate of drug-likeness (QED) is 0.815. The summed E-state index contributed by atoms with van der Waals surface area (Å²) in [4.78, 5) is 14.1. The van der Waals surface area contributed by atoms with E-state index in [1.165, 1.54) is 12.1 Å². The number of carbonyl (C=O) groups is 1. The zero-order valence-electron chi connectivity index (χ0n) is 10.4. The highest BCUT2D eigenvalue weighted by atomic mass is 35.5. The summed E-state index contributed by atoms with van der Waals surface area (Å²) in [6, 6.07) is 3.06. The molecule has 6 nitrogen and oxygen atoms in total. The van der Waals surface area contributed by atoms with Gasteiger partial charge in [-0.25, -0.2) is 0 Å². The lowest BCUT2D eigenvalue weighted by atomic mass is 10.1. The molecule has 0 atom stereocenters. The highest BCUT2D eigenvalue weighted by Crippen LogP contribution is 2.29. The Kier molecular flexibility index (Phi) is 3.27. The van der Waals surface area contributed by atoms with Crippen molar-refractivity contribution in [3.63, 3.8) is 0 Å². The Bertz CT molecular complexity index is 661. The van der Waals surface area contributed by atoms with Crippen LogP contribution in [0.25, 0.3) is 0 Å².